The third kappa shape index (κ3) is 3.55. The lowest BCUT2D eigenvalue weighted by atomic mass is 10.2. The summed E-state index contributed by atoms with van der Waals surface area (Å²) < 4.78 is 7.08. The van der Waals surface area contributed by atoms with E-state index in [-0.39, 0.29) is 17.6 Å². The highest BCUT2D eigenvalue weighted by Gasteiger charge is 2.13. The third-order valence-corrected chi connectivity index (χ3v) is 3.42. The Kier molecular flexibility index (Phi) is 5.81. The molecule has 0 aromatic carbocycles. The zero-order valence-corrected chi connectivity index (χ0v) is 12.8. The fraction of sp³-hybridized carbons (Fsp3) is 0.667. The van der Waals surface area contributed by atoms with Gasteiger partial charge in [-0.1, -0.05) is 6.92 Å². The molecule has 18 heavy (non-hydrogen) atoms. The topological polar surface area (TPSA) is 56.1 Å². The summed E-state index contributed by atoms with van der Waals surface area (Å²) in [6, 6.07) is 0.214. The van der Waals surface area contributed by atoms with Crippen molar-refractivity contribution in [2.24, 2.45) is 0 Å². The van der Waals surface area contributed by atoms with Gasteiger partial charge in [0.1, 0.15) is 4.47 Å². The number of nitrogens with zero attached hydrogens (tertiary/aromatic N) is 2. The van der Waals surface area contributed by atoms with Crippen molar-refractivity contribution in [1.82, 2.24) is 9.78 Å². The van der Waals surface area contributed by atoms with Crippen LogP contribution in [0.3, 0.4) is 0 Å². The number of anilines is 1. The normalized spacial score (nSPS) is 12.8. The lowest BCUT2D eigenvalue weighted by Crippen LogP contribution is -2.29. The van der Waals surface area contributed by atoms with E-state index < -0.39 is 0 Å². The molecule has 6 heteroatoms. The monoisotopic (exact) mass is 317 g/mol. The molecule has 1 heterocycles. The molecule has 0 aliphatic heterocycles. The van der Waals surface area contributed by atoms with E-state index in [0.717, 1.165) is 6.42 Å². The van der Waals surface area contributed by atoms with Gasteiger partial charge in [-0.2, -0.15) is 5.10 Å². The van der Waals surface area contributed by atoms with E-state index in [1.807, 2.05) is 13.8 Å². The van der Waals surface area contributed by atoms with Crippen LogP contribution in [0.25, 0.3) is 0 Å². The largest absolute Gasteiger partial charge is 0.383 e. The smallest absolute Gasteiger partial charge is 0.283 e. The number of halogens is 1. The van der Waals surface area contributed by atoms with Gasteiger partial charge in [0.05, 0.1) is 24.5 Å². The van der Waals surface area contributed by atoms with Gasteiger partial charge in [0.2, 0.25) is 0 Å². The molecular formula is C12H20BrN3O2. The first kappa shape index (κ1) is 15.2. The number of methoxy groups -OCH3 is 1. The van der Waals surface area contributed by atoms with Crippen molar-refractivity contribution in [3.8, 4) is 0 Å². The van der Waals surface area contributed by atoms with Crippen LogP contribution in [0.2, 0.25) is 0 Å². The molecule has 1 atom stereocenters. The predicted molar refractivity (Wildman–Crippen MR) is 76.2 cm³/mol. The molecule has 0 amide bonds. The molecule has 1 N–H and O–H groups in total. The van der Waals surface area contributed by atoms with Crippen LogP contribution >= 0.6 is 15.9 Å². The molecule has 0 aliphatic rings. The van der Waals surface area contributed by atoms with E-state index in [1.54, 1.807) is 13.3 Å². The second kappa shape index (κ2) is 6.89. The molecule has 1 aromatic rings. The minimum atomic E-state index is -0.123. The van der Waals surface area contributed by atoms with E-state index in [2.05, 4.69) is 33.3 Å². The van der Waals surface area contributed by atoms with Gasteiger partial charge in [-0.25, -0.2) is 4.68 Å². The molecule has 0 radical (unpaired) electrons. The molecule has 1 aromatic heterocycles. The number of nitrogens with one attached hydrogen (secondary N) is 1. The third-order valence-electron chi connectivity index (χ3n) is 2.65. The van der Waals surface area contributed by atoms with Gasteiger partial charge < -0.3 is 10.1 Å². The van der Waals surface area contributed by atoms with Crippen molar-refractivity contribution in [1.29, 1.82) is 0 Å². The van der Waals surface area contributed by atoms with Crippen LogP contribution in [-0.2, 0) is 4.74 Å². The SMILES string of the molecule is CCC(COC)Nc1cnn(C(C)C)c(=O)c1Br. The quantitative estimate of drug-likeness (QED) is 0.875. The number of hydrogen-bond acceptors (Lipinski definition) is 4. The van der Waals surface area contributed by atoms with Crippen molar-refractivity contribution in [3.05, 3.63) is 21.0 Å². The highest BCUT2D eigenvalue weighted by atomic mass is 79.9. The fourth-order valence-corrected chi connectivity index (χ4v) is 1.99. The van der Waals surface area contributed by atoms with E-state index in [4.69, 9.17) is 4.74 Å². The summed E-state index contributed by atoms with van der Waals surface area (Å²) in [5.74, 6) is 0. The molecular weight excluding hydrogens is 298 g/mol. The Hall–Kier alpha value is -0.880. The molecule has 0 bridgehead atoms. The molecule has 5 nitrogen and oxygen atoms in total. The van der Waals surface area contributed by atoms with Crippen LogP contribution in [-0.4, -0.2) is 29.5 Å². The standard InChI is InChI=1S/C12H20BrN3O2/c1-5-9(7-18-4)15-10-6-14-16(8(2)3)12(17)11(10)13/h6,8-9,15H,5,7H2,1-4H3. The first-order valence-corrected chi connectivity index (χ1v) is 6.83. The van der Waals surface area contributed by atoms with Crippen LogP contribution < -0.4 is 10.9 Å². The van der Waals surface area contributed by atoms with Crippen LogP contribution in [0.4, 0.5) is 5.69 Å². The Labute approximate surface area is 116 Å². The number of rotatable bonds is 6. The van der Waals surface area contributed by atoms with Gasteiger partial charge in [0.25, 0.3) is 5.56 Å². The number of ether oxygens (including phenoxy) is 1. The molecule has 0 fully saturated rings. The first-order valence-electron chi connectivity index (χ1n) is 6.04. The highest BCUT2D eigenvalue weighted by molar-refractivity contribution is 9.10. The molecule has 0 aliphatic carbocycles. The minimum Gasteiger partial charge on any atom is -0.383 e. The Morgan fingerprint density at radius 2 is 2.22 bits per heavy atom. The molecule has 0 saturated heterocycles. The van der Waals surface area contributed by atoms with Gasteiger partial charge >= 0.3 is 0 Å². The average Bonchev–Trinajstić information content (AvgIpc) is 2.33. The van der Waals surface area contributed by atoms with Crippen molar-refractivity contribution in [2.75, 3.05) is 19.0 Å². The maximum atomic E-state index is 12.0. The second-order valence-corrected chi connectivity index (χ2v) is 5.21. The van der Waals surface area contributed by atoms with Gasteiger partial charge in [0, 0.05) is 13.2 Å². The Morgan fingerprint density at radius 1 is 1.56 bits per heavy atom. The van der Waals surface area contributed by atoms with E-state index in [0.29, 0.717) is 16.8 Å². The zero-order valence-electron chi connectivity index (χ0n) is 11.2. The average molecular weight is 318 g/mol. The lowest BCUT2D eigenvalue weighted by molar-refractivity contribution is 0.184. The summed E-state index contributed by atoms with van der Waals surface area (Å²) in [6.45, 7) is 6.50. The van der Waals surface area contributed by atoms with E-state index in [1.165, 1.54) is 4.68 Å². The molecule has 1 rings (SSSR count). The highest BCUT2D eigenvalue weighted by Crippen LogP contribution is 2.18. The second-order valence-electron chi connectivity index (χ2n) is 4.42. The maximum Gasteiger partial charge on any atom is 0.283 e. The summed E-state index contributed by atoms with van der Waals surface area (Å²) in [4.78, 5) is 12.0. The van der Waals surface area contributed by atoms with Gasteiger partial charge in [0.15, 0.2) is 0 Å². The Bertz CT molecular complexity index is 445. The van der Waals surface area contributed by atoms with Gasteiger partial charge in [-0.3, -0.25) is 4.79 Å². The first-order chi connectivity index (χ1) is 8.51. The molecule has 102 valence electrons. The number of hydrogen-bond donors (Lipinski definition) is 1. The van der Waals surface area contributed by atoms with Gasteiger partial charge in [-0.15, -0.1) is 0 Å². The van der Waals surface area contributed by atoms with Crippen molar-refractivity contribution < 1.29 is 4.74 Å². The van der Waals surface area contributed by atoms with Crippen LogP contribution in [0.5, 0.6) is 0 Å². The Balaban J connectivity index is 2.98. The Morgan fingerprint density at radius 3 is 2.72 bits per heavy atom. The molecule has 0 spiro atoms. The van der Waals surface area contributed by atoms with Crippen LogP contribution in [0.1, 0.15) is 33.2 Å². The number of aromatic nitrogens is 2. The molecule has 1 unspecified atom stereocenters. The van der Waals surface area contributed by atoms with E-state index in [9.17, 15) is 4.79 Å². The molecule has 0 saturated carbocycles. The van der Waals surface area contributed by atoms with Gasteiger partial charge in [-0.05, 0) is 36.2 Å². The summed E-state index contributed by atoms with van der Waals surface area (Å²) in [5.41, 5.74) is 0.586. The maximum absolute atomic E-state index is 12.0. The predicted octanol–water partition coefficient (Wildman–Crippen LogP) is 2.42. The van der Waals surface area contributed by atoms with Crippen molar-refractivity contribution in [2.45, 2.75) is 39.3 Å². The van der Waals surface area contributed by atoms with E-state index >= 15 is 0 Å². The fourth-order valence-electron chi connectivity index (χ4n) is 1.60. The van der Waals surface area contributed by atoms with Crippen molar-refractivity contribution in [3.63, 3.8) is 0 Å². The lowest BCUT2D eigenvalue weighted by Gasteiger charge is -2.18. The summed E-state index contributed by atoms with van der Waals surface area (Å²) in [6.07, 6.45) is 2.58. The zero-order chi connectivity index (χ0) is 13.7. The van der Waals surface area contributed by atoms with Crippen molar-refractivity contribution >= 4 is 21.6 Å². The summed E-state index contributed by atoms with van der Waals surface area (Å²) >= 11 is 3.33. The van der Waals surface area contributed by atoms with Crippen LogP contribution in [0.15, 0.2) is 15.5 Å². The minimum absolute atomic E-state index is 0.0452. The van der Waals surface area contributed by atoms with Crippen LogP contribution in [0, 0.1) is 0 Å². The summed E-state index contributed by atoms with van der Waals surface area (Å²) in [7, 11) is 1.66. The summed E-state index contributed by atoms with van der Waals surface area (Å²) in [5, 5.41) is 7.41.